The van der Waals surface area contributed by atoms with Gasteiger partial charge in [0.15, 0.2) is 5.82 Å². The van der Waals surface area contributed by atoms with Crippen molar-refractivity contribution in [2.45, 2.75) is 29.5 Å². The fourth-order valence-electron chi connectivity index (χ4n) is 2.07. The van der Waals surface area contributed by atoms with E-state index in [1.807, 2.05) is 24.3 Å². The van der Waals surface area contributed by atoms with Crippen LogP contribution in [0.3, 0.4) is 0 Å². The first-order chi connectivity index (χ1) is 9.31. The summed E-state index contributed by atoms with van der Waals surface area (Å²) in [6.45, 7) is 1.03. The van der Waals surface area contributed by atoms with Crippen LogP contribution in [0.25, 0.3) is 0 Å². The lowest BCUT2D eigenvalue weighted by molar-refractivity contribution is 0.342. The van der Waals surface area contributed by atoms with Gasteiger partial charge in [0, 0.05) is 9.92 Å². The smallest absolute Gasteiger partial charge is 0.243 e. The Kier molecular flexibility index (Phi) is 4.06. The summed E-state index contributed by atoms with van der Waals surface area (Å²) in [5, 5.41) is 8.11. The highest BCUT2D eigenvalue weighted by atomic mass is 35.5. The van der Waals surface area contributed by atoms with Gasteiger partial charge in [0.05, 0.1) is 11.8 Å². The largest absolute Gasteiger partial charge is 0.338 e. The van der Waals surface area contributed by atoms with Crippen molar-refractivity contribution in [2.75, 3.05) is 6.54 Å². The molecule has 0 aliphatic carbocycles. The summed E-state index contributed by atoms with van der Waals surface area (Å²) in [5.41, 5.74) is 0. The predicted octanol–water partition coefficient (Wildman–Crippen LogP) is 3.44. The Morgan fingerprint density at radius 2 is 2.42 bits per heavy atom. The Labute approximate surface area is 120 Å². The molecule has 6 heteroatoms. The van der Waals surface area contributed by atoms with Crippen molar-refractivity contribution in [3.8, 4) is 0 Å². The molecule has 2 heterocycles. The number of halogens is 1. The molecule has 1 N–H and O–H groups in total. The van der Waals surface area contributed by atoms with Gasteiger partial charge in [0.2, 0.25) is 5.89 Å². The predicted molar refractivity (Wildman–Crippen MR) is 75.3 cm³/mol. The summed E-state index contributed by atoms with van der Waals surface area (Å²) >= 11 is 7.60. The van der Waals surface area contributed by atoms with E-state index in [9.17, 15) is 0 Å². The lowest BCUT2D eigenvalue weighted by Crippen LogP contribution is -2.13. The van der Waals surface area contributed by atoms with Crippen LogP contribution in [0.15, 0.2) is 33.7 Å². The van der Waals surface area contributed by atoms with Crippen LogP contribution in [0, 0.1) is 0 Å². The van der Waals surface area contributed by atoms with E-state index >= 15 is 0 Å². The van der Waals surface area contributed by atoms with E-state index in [2.05, 4.69) is 15.5 Å². The Bertz CT molecular complexity index is 554. The van der Waals surface area contributed by atoms with Gasteiger partial charge < -0.3 is 9.84 Å². The van der Waals surface area contributed by atoms with E-state index in [1.54, 1.807) is 11.8 Å². The number of thioether (sulfide) groups is 1. The van der Waals surface area contributed by atoms with E-state index in [1.165, 1.54) is 6.42 Å². The summed E-state index contributed by atoms with van der Waals surface area (Å²) in [7, 11) is 0. The molecular formula is C13H14ClN3OS. The van der Waals surface area contributed by atoms with Crippen LogP contribution in [0.2, 0.25) is 5.02 Å². The van der Waals surface area contributed by atoms with Crippen LogP contribution in [0.4, 0.5) is 0 Å². The van der Waals surface area contributed by atoms with Gasteiger partial charge in [-0.3, -0.25) is 0 Å². The summed E-state index contributed by atoms with van der Waals surface area (Å²) < 4.78 is 5.30. The van der Waals surface area contributed by atoms with Gasteiger partial charge in [0.25, 0.3) is 0 Å². The SMILES string of the molecule is Clc1cccc(SCc2noc([C@H]3CCCN3)n2)c1. The summed E-state index contributed by atoms with van der Waals surface area (Å²) in [6.07, 6.45) is 2.24. The Morgan fingerprint density at radius 1 is 1.47 bits per heavy atom. The van der Waals surface area contributed by atoms with Gasteiger partial charge in [0.1, 0.15) is 0 Å². The van der Waals surface area contributed by atoms with E-state index < -0.39 is 0 Å². The minimum absolute atomic E-state index is 0.234. The number of rotatable bonds is 4. The molecule has 0 radical (unpaired) electrons. The third-order valence-corrected chi connectivity index (χ3v) is 4.23. The molecule has 1 aliphatic rings. The first kappa shape index (κ1) is 13.0. The molecule has 100 valence electrons. The molecule has 4 nitrogen and oxygen atoms in total. The van der Waals surface area contributed by atoms with Crippen LogP contribution < -0.4 is 5.32 Å². The van der Waals surface area contributed by atoms with Crippen LogP contribution in [0.1, 0.15) is 30.6 Å². The highest BCUT2D eigenvalue weighted by Crippen LogP contribution is 2.26. The van der Waals surface area contributed by atoms with Crippen molar-refractivity contribution in [3.05, 3.63) is 41.0 Å². The van der Waals surface area contributed by atoms with Crippen LogP contribution in [0.5, 0.6) is 0 Å². The van der Waals surface area contributed by atoms with Crippen molar-refractivity contribution in [1.29, 1.82) is 0 Å². The second-order valence-electron chi connectivity index (χ2n) is 4.44. The summed E-state index contributed by atoms with van der Waals surface area (Å²) in [4.78, 5) is 5.54. The fraction of sp³-hybridized carbons (Fsp3) is 0.385. The van der Waals surface area contributed by atoms with Crippen LogP contribution in [-0.4, -0.2) is 16.7 Å². The lowest BCUT2D eigenvalue weighted by Gasteiger charge is -2.01. The third kappa shape index (κ3) is 3.29. The van der Waals surface area contributed by atoms with Crippen molar-refractivity contribution < 1.29 is 4.52 Å². The molecule has 2 aromatic rings. The van der Waals surface area contributed by atoms with E-state index in [0.29, 0.717) is 11.6 Å². The fourth-order valence-corrected chi connectivity index (χ4v) is 3.12. The van der Waals surface area contributed by atoms with Gasteiger partial charge in [-0.15, -0.1) is 11.8 Å². The highest BCUT2D eigenvalue weighted by molar-refractivity contribution is 7.98. The Hall–Kier alpha value is -1.04. The standard InChI is InChI=1S/C13H14ClN3OS/c14-9-3-1-4-10(7-9)19-8-12-16-13(18-17-12)11-5-2-6-15-11/h1,3-4,7,11,15H,2,5-6,8H2/t11-/m1/s1. The summed E-state index contributed by atoms with van der Waals surface area (Å²) in [5.74, 6) is 2.13. The molecule has 0 unspecified atom stereocenters. The number of benzene rings is 1. The van der Waals surface area contributed by atoms with Gasteiger partial charge in [-0.2, -0.15) is 4.98 Å². The zero-order valence-corrected chi connectivity index (χ0v) is 11.9. The number of nitrogens with zero attached hydrogens (tertiary/aromatic N) is 2. The van der Waals surface area contributed by atoms with Crippen LogP contribution >= 0.6 is 23.4 Å². The lowest BCUT2D eigenvalue weighted by atomic mass is 10.2. The van der Waals surface area contributed by atoms with Gasteiger partial charge in [-0.25, -0.2) is 0 Å². The van der Waals surface area contributed by atoms with Crippen molar-refractivity contribution >= 4 is 23.4 Å². The topological polar surface area (TPSA) is 51.0 Å². The average Bonchev–Trinajstić information content (AvgIpc) is 3.07. The minimum Gasteiger partial charge on any atom is -0.338 e. The molecular weight excluding hydrogens is 282 g/mol. The zero-order valence-electron chi connectivity index (χ0n) is 10.3. The molecule has 0 saturated carbocycles. The molecule has 1 aromatic heterocycles. The van der Waals surface area contributed by atoms with Gasteiger partial charge in [-0.1, -0.05) is 22.8 Å². The molecule has 19 heavy (non-hydrogen) atoms. The molecule has 1 aliphatic heterocycles. The molecule has 0 bridgehead atoms. The van der Waals surface area contributed by atoms with Crippen molar-refractivity contribution in [1.82, 2.24) is 15.5 Å². The van der Waals surface area contributed by atoms with E-state index in [0.717, 1.165) is 28.7 Å². The molecule has 1 aromatic carbocycles. The number of aromatic nitrogens is 2. The van der Waals surface area contributed by atoms with Gasteiger partial charge >= 0.3 is 0 Å². The highest BCUT2D eigenvalue weighted by Gasteiger charge is 2.22. The maximum absolute atomic E-state index is 5.95. The minimum atomic E-state index is 0.234. The number of hydrogen-bond acceptors (Lipinski definition) is 5. The quantitative estimate of drug-likeness (QED) is 0.876. The van der Waals surface area contributed by atoms with Gasteiger partial charge in [-0.05, 0) is 37.6 Å². The van der Waals surface area contributed by atoms with E-state index in [4.69, 9.17) is 16.1 Å². The van der Waals surface area contributed by atoms with Crippen molar-refractivity contribution in [3.63, 3.8) is 0 Å². The van der Waals surface area contributed by atoms with Crippen molar-refractivity contribution in [2.24, 2.45) is 0 Å². The number of nitrogens with one attached hydrogen (secondary N) is 1. The Balaban J connectivity index is 1.61. The molecule has 1 saturated heterocycles. The molecule has 0 spiro atoms. The zero-order chi connectivity index (χ0) is 13.1. The molecule has 3 rings (SSSR count). The maximum atomic E-state index is 5.95. The first-order valence-corrected chi connectivity index (χ1v) is 7.62. The maximum Gasteiger partial charge on any atom is 0.243 e. The molecule has 0 amide bonds. The van der Waals surface area contributed by atoms with Crippen LogP contribution in [-0.2, 0) is 5.75 Å². The summed E-state index contributed by atoms with van der Waals surface area (Å²) in [6, 6.07) is 8.00. The normalized spacial score (nSPS) is 18.9. The second kappa shape index (κ2) is 5.94. The first-order valence-electron chi connectivity index (χ1n) is 6.25. The average molecular weight is 296 g/mol. The third-order valence-electron chi connectivity index (χ3n) is 3.01. The van der Waals surface area contributed by atoms with E-state index in [-0.39, 0.29) is 6.04 Å². The Morgan fingerprint density at radius 3 is 3.21 bits per heavy atom. The monoisotopic (exact) mass is 295 g/mol. The second-order valence-corrected chi connectivity index (χ2v) is 5.93. The molecule has 1 atom stereocenters. The number of hydrogen-bond donors (Lipinski definition) is 1. The molecule has 1 fully saturated rings.